The summed E-state index contributed by atoms with van der Waals surface area (Å²) in [5.74, 6) is 4.89. The lowest BCUT2D eigenvalue weighted by atomic mass is 10.2. The van der Waals surface area contributed by atoms with Gasteiger partial charge in [0, 0.05) is 6.08 Å². The molecule has 0 saturated carbocycles. The van der Waals surface area contributed by atoms with E-state index in [0.29, 0.717) is 11.3 Å². The molecule has 0 radical (unpaired) electrons. The predicted octanol–water partition coefficient (Wildman–Crippen LogP) is 0.404. The van der Waals surface area contributed by atoms with Crippen molar-refractivity contribution in [3.63, 3.8) is 0 Å². The molecule has 0 aromatic heterocycles. The van der Waals surface area contributed by atoms with E-state index in [0.717, 1.165) is 0 Å². The van der Waals surface area contributed by atoms with Crippen molar-refractivity contribution in [3.8, 4) is 11.5 Å². The summed E-state index contributed by atoms with van der Waals surface area (Å²) in [7, 11) is 1.46. The second-order valence-corrected chi connectivity index (χ2v) is 2.77. The molecule has 0 fully saturated rings. The highest BCUT2D eigenvalue weighted by Gasteiger charge is 2.00. The number of carbonyl (C=O) groups is 1. The number of benzene rings is 1. The van der Waals surface area contributed by atoms with Crippen LogP contribution in [0, 0.1) is 0 Å². The maximum atomic E-state index is 10.8. The van der Waals surface area contributed by atoms with Crippen LogP contribution in [0.4, 0.5) is 0 Å². The minimum Gasteiger partial charge on any atom is -0.504 e. The smallest absolute Gasteiger partial charge is 0.257 e. The second kappa shape index (κ2) is 5.02. The molecule has 5 nitrogen and oxygen atoms in total. The number of hydrogen-bond acceptors (Lipinski definition) is 4. The van der Waals surface area contributed by atoms with E-state index in [1.807, 2.05) is 5.43 Å². The number of phenols is 1. The first-order chi connectivity index (χ1) is 7.17. The third kappa shape index (κ3) is 2.99. The molecule has 4 N–H and O–H groups in total. The van der Waals surface area contributed by atoms with Gasteiger partial charge in [-0.3, -0.25) is 10.2 Å². The second-order valence-electron chi connectivity index (χ2n) is 2.77. The Balaban J connectivity index is 2.84. The number of aromatic hydroxyl groups is 1. The molecule has 1 rings (SSSR count). The zero-order valence-electron chi connectivity index (χ0n) is 8.23. The number of nitrogens with one attached hydrogen (secondary N) is 1. The third-order valence-corrected chi connectivity index (χ3v) is 1.77. The Morgan fingerprint density at radius 1 is 1.60 bits per heavy atom. The van der Waals surface area contributed by atoms with Crippen molar-refractivity contribution in [2.45, 2.75) is 0 Å². The van der Waals surface area contributed by atoms with E-state index in [1.165, 1.54) is 25.3 Å². The summed E-state index contributed by atoms with van der Waals surface area (Å²) >= 11 is 0. The summed E-state index contributed by atoms with van der Waals surface area (Å²) in [5, 5.41) is 9.43. The van der Waals surface area contributed by atoms with Crippen LogP contribution in [0.25, 0.3) is 6.08 Å². The maximum Gasteiger partial charge on any atom is 0.257 e. The van der Waals surface area contributed by atoms with E-state index in [-0.39, 0.29) is 5.75 Å². The Morgan fingerprint density at radius 3 is 2.87 bits per heavy atom. The number of carbonyl (C=O) groups excluding carboxylic acids is 1. The maximum absolute atomic E-state index is 10.8. The fourth-order valence-electron chi connectivity index (χ4n) is 1.03. The summed E-state index contributed by atoms with van der Waals surface area (Å²) in [6.45, 7) is 0. The molecule has 5 heteroatoms. The van der Waals surface area contributed by atoms with Gasteiger partial charge in [0.2, 0.25) is 0 Å². The number of hydrogen-bond donors (Lipinski definition) is 3. The van der Waals surface area contributed by atoms with Gasteiger partial charge in [-0.05, 0) is 23.8 Å². The topological polar surface area (TPSA) is 84.6 Å². The van der Waals surface area contributed by atoms with Crippen LogP contribution in [0.3, 0.4) is 0 Å². The van der Waals surface area contributed by atoms with Gasteiger partial charge in [-0.15, -0.1) is 0 Å². The summed E-state index contributed by atoms with van der Waals surface area (Å²) in [5.41, 5.74) is 2.64. The summed E-state index contributed by atoms with van der Waals surface area (Å²) in [6.07, 6.45) is 2.79. The molecule has 1 amide bonds. The molecule has 1 aromatic carbocycles. The van der Waals surface area contributed by atoms with Crippen LogP contribution in [0.1, 0.15) is 5.56 Å². The van der Waals surface area contributed by atoms with Gasteiger partial charge < -0.3 is 9.84 Å². The van der Waals surface area contributed by atoms with Crippen molar-refractivity contribution in [2.75, 3.05) is 7.11 Å². The van der Waals surface area contributed by atoms with Gasteiger partial charge in [-0.25, -0.2) is 5.84 Å². The standard InChI is InChI=1S/C10H12N2O3/c1-15-9-4-2-7(6-8(9)13)3-5-10(14)12-11/h2-6,13H,11H2,1H3,(H,12,14)/b5-3+. The largest absolute Gasteiger partial charge is 0.504 e. The normalized spacial score (nSPS) is 10.3. The zero-order valence-corrected chi connectivity index (χ0v) is 8.23. The lowest BCUT2D eigenvalue weighted by Crippen LogP contribution is -2.27. The first kappa shape index (κ1) is 11.1. The van der Waals surface area contributed by atoms with Gasteiger partial charge >= 0.3 is 0 Å². The fourth-order valence-corrected chi connectivity index (χ4v) is 1.03. The SMILES string of the molecule is COc1ccc(/C=C/C(=O)NN)cc1O. The average Bonchev–Trinajstić information content (AvgIpc) is 2.26. The van der Waals surface area contributed by atoms with Gasteiger partial charge in [0.05, 0.1) is 7.11 Å². The average molecular weight is 208 g/mol. The van der Waals surface area contributed by atoms with Gasteiger partial charge in [0.15, 0.2) is 11.5 Å². The molecule has 1 aromatic rings. The van der Waals surface area contributed by atoms with E-state index in [1.54, 1.807) is 12.1 Å². The monoisotopic (exact) mass is 208 g/mol. The molecular formula is C10H12N2O3. The molecular weight excluding hydrogens is 196 g/mol. The summed E-state index contributed by atoms with van der Waals surface area (Å²) in [4.78, 5) is 10.8. The van der Waals surface area contributed by atoms with Crippen molar-refractivity contribution in [3.05, 3.63) is 29.8 Å². The first-order valence-electron chi connectivity index (χ1n) is 4.23. The molecule has 0 aliphatic rings. The molecule has 0 saturated heterocycles. The van der Waals surface area contributed by atoms with E-state index < -0.39 is 5.91 Å². The van der Waals surface area contributed by atoms with Crippen molar-refractivity contribution in [1.82, 2.24) is 5.43 Å². The van der Waals surface area contributed by atoms with E-state index in [2.05, 4.69) is 0 Å². The molecule has 0 spiro atoms. The molecule has 15 heavy (non-hydrogen) atoms. The highest BCUT2D eigenvalue weighted by molar-refractivity contribution is 5.91. The summed E-state index contributed by atoms with van der Waals surface area (Å²) < 4.78 is 4.87. The molecule has 0 aliphatic heterocycles. The zero-order chi connectivity index (χ0) is 11.3. The van der Waals surface area contributed by atoms with Crippen molar-refractivity contribution in [2.24, 2.45) is 5.84 Å². The molecule has 0 aliphatic carbocycles. The van der Waals surface area contributed by atoms with Gasteiger partial charge in [0.25, 0.3) is 5.91 Å². The summed E-state index contributed by atoms with van der Waals surface area (Å²) in [6, 6.07) is 4.80. The quantitative estimate of drug-likeness (QED) is 0.290. The van der Waals surface area contributed by atoms with Crippen molar-refractivity contribution >= 4 is 12.0 Å². The lowest BCUT2D eigenvalue weighted by Gasteiger charge is -2.03. The van der Waals surface area contributed by atoms with Crippen LogP contribution in [-0.2, 0) is 4.79 Å². The van der Waals surface area contributed by atoms with Crippen molar-refractivity contribution in [1.29, 1.82) is 0 Å². The highest BCUT2D eigenvalue weighted by atomic mass is 16.5. The molecule has 80 valence electrons. The van der Waals surface area contributed by atoms with Crippen LogP contribution in [0.5, 0.6) is 11.5 Å². The molecule has 0 atom stereocenters. The predicted molar refractivity (Wildman–Crippen MR) is 56.0 cm³/mol. The minimum atomic E-state index is -0.412. The van der Waals surface area contributed by atoms with Gasteiger partial charge in [-0.1, -0.05) is 6.07 Å². The molecule has 0 unspecified atom stereocenters. The van der Waals surface area contributed by atoms with Crippen LogP contribution in [-0.4, -0.2) is 18.1 Å². The number of nitrogens with two attached hydrogens (primary N) is 1. The minimum absolute atomic E-state index is 0.0211. The number of rotatable bonds is 3. The Morgan fingerprint density at radius 2 is 2.33 bits per heavy atom. The number of hydrazine groups is 1. The Kier molecular flexibility index (Phi) is 3.70. The van der Waals surface area contributed by atoms with Gasteiger partial charge in [0.1, 0.15) is 0 Å². The Bertz CT molecular complexity index is 388. The molecule has 0 heterocycles. The third-order valence-electron chi connectivity index (χ3n) is 1.77. The van der Waals surface area contributed by atoms with Gasteiger partial charge in [-0.2, -0.15) is 0 Å². The van der Waals surface area contributed by atoms with Crippen LogP contribution < -0.4 is 16.0 Å². The number of ether oxygens (including phenoxy) is 1. The van der Waals surface area contributed by atoms with Crippen LogP contribution in [0.2, 0.25) is 0 Å². The lowest BCUT2D eigenvalue weighted by molar-refractivity contribution is -0.116. The van der Waals surface area contributed by atoms with Crippen molar-refractivity contribution < 1.29 is 14.6 Å². The number of amides is 1. The van der Waals surface area contributed by atoms with Crippen LogP contribution >= 0.6 is 0 Å². The number of phenolic OH excluding ortho intramolecular Hbond substituents is 1. The Labute approximate surface area is 87.1 Å². The first-order valence-corrected chi connectivity index (χ1v) is 4.23. The fraction of sp³-hybridized carbons (Fsp3) is 0.100. The highest BCUT2D eigenvalue weighted by Crippen LogP contribution is 2.26. The molecule has 0 bridgehead atoms. The number of methoxy groups -OCH3 is 1. The van der Waals surface area contributed by atoms with E-state index >= 15 is 0 Å². The van der Waals surface area contributed by atoms with E-state index in [9.17, 15) is 9.90 Å². The Hall–Kier alpha value is -2.01. The van der Waals surface area contributed by atoms with Crippen LogP contribution in [0.15, 0.2) is 24.3 Å². The van der Waals surface area contributed by atoms with E-state index in [4.69, 9.17) is 10.6 Å².